The summed E-state index contributed by atoms with van der Waals surface area (Å²) in [5.41, 5.74) is 4.26. The van der Waals surface area contributed by atoms with Gasteiger partial charge in [0, 0.05) is 24.5 Å². The van der Waals surface area contributed by atoms with Crippen molar-refractivity contribution in [2.45, 2.75) is 31.8 Å². The van der Waals surface area contributed by atoms with E-state index in [0.29, 0.717) is 22.6 Å². The molecule has 39 heavy (non-hydrogen) atoms. The van der Waals surface area contributed by atoms with E-state index < -0.39 is 22.2 Å². The van der Waals surface area contributed by atoms with Gasteiger partial charge in [0.25, 0.3) is 10.0 Å². The van der Waals surface area contributed by atoms with E-state index in [4.69, 9.17) is 0 Å². The topological polar surface area (TPSA) is 73.0 Å². The molecule has 1 N–H and O–H groups in total. The van der Waals surface area contributed by atoms with E-state index in [-0.39, 0.29) is 4.90 Å². The van der Waals surface area contributed by atoms with Gasteiger partial charge in [-0.15, -0.1) is 0 Å². The lowest BCUT2D eigenvalue weighted by Gasteiger charge is -2.32. The van der Waals surface area contributed by atoms with Crippen LogP contribution in [0.15, 0.2) is 108 Å². The van der Waals surface area contributed by atoms with Crippen molar-refractivity contribution in [1.82, 2.24) is 0 Å². The van der Waals surface area contributed by atoms with E-state index in [2.05, 4.69) is 24.1 Å². The Kier molecular flexibility index (Phi) is 7.30. The molecule has 1 aliphatic heterocycles. The molecule has 1 aliphatic rings. The molecule has 8 heteroatoms. The molecule has 4 aromatic rings. The van der Waals surface area contributed by atoms with Gasteiger partial charge < -0.3 is 10.2 Å². The monoisotopic (exact) mass is 540 g/mol. The Morgan fingerprint density at radius 3 is 2.00 bits per heavy atom. The number of carbonyl (C=O) groups excluding carboxylic acids is 1. The van der Waals surface area contributed by atoms with Gasteiger partial charge >= 0.3 is 6.03 Å². The highest BCUT2D eigenvalue weighted by Gasteiger charge is 2.46. The number of hydrogen-bond donors (Lipinski definition) is 1. The Balaban J connectivity index is 1.66. The quantitative estimate of drug-likeness (QED) is 0.280. The van der Waals surface area contributed by atoms with Crippen LogP contribution in [-0.2, 0) is 10.0 Å². The fourth-order valence-corrected chi connectivity index (χ4v) is 6.56. The highest BCUT2D eigenvalue weighted by Crippen LogP contribution is 2.49. The summed E-state index contributed by atoms with van der Waals surface area (Å²) in [6.07, 6.45) is -0.928. The second-order valence-corrected chi connectivity index (χ2v) is 11.2. The predicted molar refractivity (Wildman–Crippen MR) is 158 cm³/mol. The maximum absolute atomic E-state index is 14.2. The van der Waals surface area contributed by atoms with Crippen LogP contribution in [0, 0.1) is 6.92 Å². The summed E-state index contributed by atoms with van der Waals surface area (Å²) in [4.78, 5) is 17.8. The molecule has 0 radical (unpaired) electrons. The minimum atomic E-state index is -4.04. The molecular weight excluding hydrogens is 508 g/mol. The smallest absolute Gasteiger partial charge is 0.328 e. The van der Waals surface area contributed by atoms with Gasteiger partial charge in [0.05, 0.1) is 16.3 Å². The number of hydrogen-bond acceptors (Lipinski definition) is 4. The van der Waals surface area contributed by atoms with Crippen LogP contribution in [0.3, 0.4) is 0 Å². The van der Waals surface area contributed by atoms with Crippen molar-refractivity contribution in [2.24, 2.45) is 0 Å². The summed E-state index contributed by atoms with van der Waals surface area (Å²) in [5, 5.41) is 2.95. The molecule has 4 aromatic carbocycles. The van der Waals surface area contributed by atoms with E-state index >= 15 is 0 Å². The van der Waals surface area contributed by atoms with Crippen molar-refractivity contribution < 1.29 is 13.2 Å². The van der Waals surface area contributed by atoms with Crippen LogP contribution in [0.5, 0.6) is 0 Å². The molecule has 0 fully saturated rings. The molecule has 0 bridgehead atoms. The van der Waals surface area contributed by atoms with Crippen LogP contribution in [0.25, 0.3) is 0 Å². The number of nitrogens with zero attached hydrogens (tertiary/aromatic N) is 3. The average Bonchev–Trinajstić information content (AvgIpc) is 3.31. The fourth-order valence-electron chi connectivity index (χ4n) is 4.96. The molecule has 1 atom stereocenters. The van der Waals surface area contributed by atoms with E-state index in [1.54, 1.807) is 54.6 Å². The largest absolute Gasteiger partial charge is 0.372 e. The van der Waals surface area contributed by atoms with Crippen molar-refractivity contribution in [3.05, 3.63) is 114 Å². The first kappa shape index (κ1) is 26.3. The lowest BCUT2D eigenvalue weighted by molar-refractivity contribution is 0.255. The Labute approximate surface area is 230 Å². The first-order valence-corrected chi connectivity index (χ1v) is 14.5. The number of para-hydroxylation sites is 3. The van der Waals surface area contributed by atoms with Crippen LogP contribution in [0.1, 0.15) is 31.1 Å². The number of anilines is 4. The Bertz CT molecular complexity index is 1550. The maximum Gasteiger partial charge on any atom is 0.328 e. The van der Waals surface area contributed by atoms with Gasteiger partial charge in [-0.3, -0.25) is 4.90 Å². The van der Waals surface area contributed by atoms with Crippen LogP contribution in [0.2, 0.25) is 0 Å². The Morgan fingerprint density at radius 1 is 0.795 bits per heavy atom. The molecule has 0 saturated heterocycles. The number of urea groups is 1. The van der Waals surface area contributed by atoms with Gasteiger partial charge in [0.2, 0.25) is 0 Å². The van der Waals surface area contributed by atoms with Crippen LogP contribution < -0.4 is 19.4 Å². The molecule has 0 saturated carbocycles. The van der Waals surface area contributed by atoms with Crippen molar-refractivity contribution in [3.8, 4) is 0 Å². The molecule has 0 aromatic heterocycles. The molecule has 0 spiro atoms. The number of carbonyl (C=O) groups is 1. The lowest BCUT2D eigenvalue weighted by atomic mass is 10.1. The zero-order chi connectivity index (χ0) is 27.6. The predicted octanol–water partition coefficient (Wildman–Crippen LogP) is 6.79. The van der Waals surface area contributed by atoms with E-state index in [9.17, 15) is 13.2 Å². The minimum absolute atomic E-state index is 0.165. The number of amides is 2. The summed E-state index contributed by atoms with van der Waals surface area (Å²) < 4.78 is 29.9. The van der Waals surface area contributed by atoms with Gasteiger partial charge in [-0.2, -0.15) is 0 Å². The molecule has 7 nitrogen and oxygen atoms in total. The molecule has 1 unspecified atom stereocenters. The normalized spacial score (nSPS) is 14.7. The molecule has 1 heterocycles. The maximum atomic E-state index is 14.2. The van der Waals surface area contributed by atoms with Crippen LogP contribution >= 0.6 is 0 Å². The number of rotatable bonds is 7. The van der Waals surface area contributed by atoms with E-state index in [1.807, 2.05) is 55.5 Å². The first-order valence-electron chi connectivity index (χ1n) is 13.1. The summed E-state index contributed by atoms with van der Waals surface area (Å²) >= 11 is 0. The van der Waals surface area contributed by atoms with Crippen molar-refractivity contribution >= 4 is 38.8 Å². The number of nitrogens with one attached hydrogen (secondary N) is 1. The summed E-state index contributed by atoms with van der Waals surface area (Å²) in [6.45, 7) is 7.80. The highest BCUT2D eigenvalue weighted by atomic mass is 32.2. The number of fused-ring (bicyclic) bond motifs is 1. The third kappa shape index (κ3) is 4.95. The zero-order valence-electron chi connectivity index (χ0n) is 22.3. The van der Waals surface area contributed by atoms with Crippen LogP contribution in [0.4, 0.5) is 27.5 Å². The van der Waals surface area contributed by atoms with Gasteiger partial charge in [-0.25, -0.2) is 17.5 Å². The van der Waals surface area contributed by atoms with Gasteiger partial charge in [0.1, 0.15) is 0 Å². The third-order valence-corrected chi connectivity index (χ3v) is 8.77. The molecular formula is C31H32N4O3S. The van der Waals surface area contributed by atoms with Gasteiger partial charge in [-0.05, 0) is 74.9 Å². The third-order valence-electron chi connectivity index (χ3n) is 6.99. The van der Waals surface area contributed by atoms with Gasteiger partial charge in [0.15, 0.2) is 6.17 Å². The van der Waals surface area contributed by atoms with Crippen molar-refractivity contribution in [1.29, 1.82) is 0 Å². The number of benzene rings is 4. The van der Waals surface area contributed by atoms with Crippen molar-refractivity contribution in [3.63, 3.8) is 0 Å². The molecule has 2 amide bonds. The number of aryl methyl sites for hydroxylation is 1. The zero-order valence-corrected chi connectivity index (χ0v) is 23.1. The summed E-state index contributed by atoms with van der Waals surface area (Å²) in [5.74, 6) is 0. The Morgan fingerprint density at radius 2 is 1.38 bits per heavy atom. The summed E-state index contributed by atoms with van der Waals surface area (Å²) in [6, 6.07) is 30.4. The van der Waals surface area contributed by atoms with Crippen molar-refractivity contribution in [2.75, 3.05) is 32.5 Å². The van der Waals surface area contributed by atoms with E-state index in [0.717, 1.165) is 24.3 Å². The number of sulfonamides is 1. The second-order valence-electron chi connectivity index (χ2n) is 9.41. The first-order chi connectivity index (χ1) is 18.8. The molecule has 0 aliphatic carbocycles. The lowest BCUT2D eigenvalue weighted by Crippen LogP contribution is -2.43. The van der Waals surface area contributed by atoms with E-state index in [1.165, 1.54) is 9.21 Å². The standard InChI is InChI=1S/C31H32N4O3S/c1-4-33(5-2)26-19-17-24(18-20-26)30-34(31(36)32-25-11-7-6-8-12-25)28-13-9-10-14-29(28)35(30)39(37,38)27-21-15-23(3)16-22-27/h6-22,30H,4-5H2,1-3H3,(H,32,36). The SMILES string of the molecule is CCN(CC)c1ccc(C2N(C(=O)Nc3ccccc3)c3ccccc3N2S(=O)(=O)c2ccc(C)cc2)cc1. The highest BCUT2D eigenvalue weighted by molar-refractivity contribution is 7.92. The molecule has 5 rings (SSSR count). The second kappa shape index (κ2) is 10.8. The molecule has 200 valence electrons. The minimum Gasteiger partial charge on any atom is -0.372 e. The summed E-state index contributed by atoms with van der Waals surface area (Å²) in [7, 11) is -4.04. The average molecular weight is 541 g/mol. The fraction of sp³-hybridized carbons (Fsp3) is 0.194. The Hall–Kier alpha value is -4.30. The van der Waals surface area contributed by atoms with Crippen LogP contribution in [-0.4, -0.2) is 27.5 Å². The van der Waals surface area contributed by atoms with Gasteiger partial charge in [-0.1, -0.05) is 60.2 Å².